The van der Waals surface area contributed by atoms with Gasteiger partial charge in [-0.25, -0.2) is 9.97 Å². The third-order valence-corrected chi connectivity index (χ3v) is 6.19. The molecule has 9 heteroatoms. The van der Waals surface area contributed by atoms with Crippen LogP contribution < -0.4 is 15.4 Å². The summed E-state index contributed by atoms with van der Waals surface area (Å²) in [6.45, 7) is 0.544. The van der Waals surface area contributed by atoms with E-state index in [0.717, 1.165) is 39.8 Å². The Morgan fingerprint density at radius 3 is 2.81 bits per heavy atom. The first-order valence-corrected chi connectivity index (χ1v) is 11.6. The van der Waals surface area contributed by atoms with Crippen LogP contribution in [-0.4, -0.2) is 37.7 Å². The average Bonchev–Trinajstić information content (AvgIpc) is 3.27. The van der Waals surface area contributed by atoms with Gasteiger partial charge in [0.05, 0.1) is 25.4 Å². The van der Waals surface area contributed by atoms with Crippen LogP contribution in [-0.2, 0) is 17.8 Å². The molecular formula is C27H23N7O2. The van der Waals surface area contributed by atoms with Crippen molar-refractivity contribution >= 4 is 34.0 Å². The summed E-state index contributed by atoms with van der Waals surface area (Å²) in [7, 11) is 1.58. The molecule has 2 aromatic carbocycles. The molecule has 0 spiro atoms. The van der Waals surface area contributed by atoms with Crippen molar-refractivity contribution in [3.8, 4) is 17.3 Å². The fraction of sp³-hybridized carbons (Fsp3) is 0.148. The summed E-state index contributed by atoms with van der Waals surface area (Å²) in [6.07, 6.45) is 6.35. The third-order valence-electron chi connectivity index (χ3n) is 6.19. The molecule has 0 saturated carbocycles. The Morgan fingerprint density at radius 2 is 1.94 bits per heavy atom. The number of benzene rings is 2. The molecule has 9 nitrogen and oxygen atoms in total. The van der Waals surface area contributed by atoms with E-state index in [4.69, 9.17) is 14.8 Å². The highest BCUT2D eigenvalue weighted by molar-refractivity contribution is 5.94. The second kappa shape index (κ2) is 9.10. The summed E-state index contributed by atoms with van der Waals surface area (Å²) < 4.78 is 7.42. The minimum Gasteiger partial charge on any atom is -0.491 e. The van der Waals surface area contributed by atoms with Gasteiger partial charge in [-0.2, -0.15) is 5.10 Å². The van der Waals surface area contributed by atoms with Crippen LogP contribution in [0.15, 0.2) is 73.2 Å². The van der Waals surface area contributed by atoms with Gasteiger partial charge in [-0.1, -0.05) is 30.3 Å². The van der Waals surface area contributed by atoms with Gasteiger partial charge in [-0.05, 0) is 41.8 Å². The Bertz CT molecular complexity index is 1580. The largest absolute Gasteiger partial charge is 0.491 e. The van der Waals surface area contributed by atoms with Crippen molar-refractivity contribution in [2.75, 3.05) is 17.7 Å². The normalized spacial score (nSPS) is 12.8. The molecule has 1 amide bonds. The topological polar surface area (TPSA) is 107 Å². The van der Waals surface area contributed by atoms with Crippen LogP contribution >= 0.6 is 0 Å². The minimum absolute atomic E-state index is 0.0549. The maximum atomic E-state index is 11.9. The number of amides is 1. The van der Waals surface area contributed by atoms with Crippen molar-refractivity contribution in [2.45, 2.75) is 19.4 Å². The maximum Gasteiger partial charge on any atom is 0.224 e. The highest BCUT2D eigenvalue weighted by Crippen LogP contribution is 2.31. The summed E-state index contributed by atoms with van der Waals surface area (Å²) >= 11 is 0. The first-order chi connectivity index (χ1) is 17.7. The molecule has 0 bridgehead atoms. The zero-order chi connectivity index (χ0) is 24.5. The summed E-state index contributed by atoms with van der Waals surface area (Å²) in [6, 6.07) is 17.9. The first kappa shape index (κ1) is 21.7. The van der Waals surface area contributed by atoms with E-state index in [2.05, 4.69) is 32.7 Å². The van der Waals surface area contributed by atoms with Gasteiger partial charge in [-0.15, -0.1) is 0 Å². The number of aryl methyl sites for hydroxylation is 1. The number of nitrogens with one attached hydrogen (secondary N) is 2. The van der Waals surface area contributed by atoms with Crippen molar-refractivity contribution in [1.29, 1.82) is 0 Å². The van der Waals surface area contributed by atoms with Crippen LogP contribution in [0.2, 0.25) is 0 Å². The summed E-state index contributed by atoms with van der Waals surface area (Å²) in [4.78, 5) is 25.2. The van der Waals surface area contributed by atoms with Gasteiger partial charge in [-0.3, -0.25) is 14.5 Å². The standard InChI is InChI=1S/C27H23N7O2/c1-36-23-15-29-27(32-26(23)30-19-10-12-28-13-11-19)25-20-4-2-3-5-22(20)34(33-25)16-17-6-7-18-8-9-24(35)31-21(18)14-17/h2-7,10-15H,8-9,16H2,1H3,(H,31,35)(H,28,29,30,32). The van der Waals surface area contributed by atoms with Gasteiger partial charge >= 0.3 is 0 Å². The number of hydrogen-bond acceptors (Lipinski definition) is 7. The molecule has 36 heavy (non-hydrogen) atoms. The van der Waals surface area contributed by atoms with Gasteiger partial charge < -0.3 is 15.4 Å². The molecule has 1 aliphatic heterocycles. The third kappa shape index (κ3) is 4.11. The summed E-state index contributed by atoms with van der Waals surface area (Å²) in [5, 5.41) is 12.1. The van der Waals surface area contributed by atoms with E-state index in [9.17, 15) is 4.79 Å². The van der Waals surface area contributed by atoms with Crippen molar-refractivity contribution in [1.82, 2.24) is 24.7 Å². The van der Waals surface area contributed by atoms with E-state index in [0.29, 0.717) is 36.1 Å². The van der Waals surface area contributed by atoms with Gasteiger partial charge in [0.2, 0.25) is 5.91 Å². The number of carbonyl (C=O) groups excluding carboxylic acids is 1. The fourth-order valence-corrected chi connectivity index (χ4v) is 4.40. The Hall–Kier alpha value is -4.79. The number of rotatable bonds is 6. The molecule has 0 saturated heterocycles. The molecule has 1 aliphatic rings. The zero-order valence-corrected chi connectivity index (χ0v) is 19.6. The van der Waals surface area contributed by atoms with E-state index in [1.54, 1.807) is 25.7 Å². The lowest BCUT2D eigenvalue weighted by Crippen LogP contribution is -2.19. The Kier molecular flexibility index (Phi) is 5.49. The lowest BCUT2D eigenvalue weighted by Gasteiger charge is -2.17. The molecule has 0 radical (unpaired) electrons. The Labute approximate surface area is 207 Å². The summed E-state index contributed by atoms with van der Waals surface area (Å²) in [5.74, 6) is 1.60. The smallest absolute Gasteiger partial charge is 0.224 e. The van der Waals surface area contributed by atoms with E-state index < -0.39 is 0 Å². The van der Waals surface area contributed by atoms with Crippen molar-refractivity contribution in [3.63, 3.8) is 0 Å². The van der Waals surface area contributed by atoms with Gasteiger partial charge in [0.1, 0.15) is 5.69 Å². The van der Waals surface area contributed by atoms with Crippen LogP contribution in [0, 0.1) is 0 Å². The zero-order valence-electron chi connectivity index (χ0n) is 19.6. The van der Waals surface area contributed by atoms with Crippen LogP contribution in [0.1, 0.15) is 17.5 Å². The Balaban J connectivity index is 1.38. The number of anilines is 3. The lowest BCUT2D eigenvalue weighted by atomic mass is 10.0. The monoisotopic (exact) mass is 477 g/mol. The fourth-order valence-electron chi connectivity index (χ4n) is 4.40. The van der Waals surface area contributed by atoms with Gasteiger partial charge in [0.25, 0.3) is 0 Å². The van der Waals surface area contributed by atoms with Crippen LogP contribution in [0.25, 0.3) is 22.4 Å². The highest BCUT2D eigenvalue weighted by atomic mass is 16.5. The van der Waals surface area contributed by atoms with E-state index in [-0.39, 0.29) is 5.91 Å². The second-order valence-electron chi connectivity index (χ2n) is 8.53. The van der Waals surface area contributed by atoms with Crippen LogP contribution in [0.4, 0.5) is 17.2 Å². The molecule has 6 rings (SSSR count). The maximum absolute atomic E-state index is 11.9. The first-order valence-electron chi connectivity index (χ1n) is 11.6. The number of ether oxygens (including phenoxy) is 1. The molecule has 2 N–H and O–H groups in total. The van der Waals surface area contributed by atoms with E-state index in [1.165, 1.54) is 0 Å². The summed E-state index contributed by atoms with van der Waals surface area (Å²) in [5.41, 5.74) is 5.57. The van der Waals surface area contributed by atoms with Gasteiger partial charge in [0, 0.05) is 35.6 Å². The number of fused-ring (bicyclic) bond motifs is 2. The highest BCUT2D eigenvalue weighted by Gasteiger charge is 2.19. The van der Waals surface area contributed by atoms with Crippen molar-refractivity contribution < 1.29 is 9.53 Å². The average molecular weight is 478 g/mol. The number of pyridine rings is 1. The molecule has 178 valence electrons. The Morgan fingerprint density at radius 1 is 1.08 bits per heavy atom. The SMILES string of the molecule is COc1cnc(-c2nn(Cc3ccc4c(c3)NC(=O)CC4)c3ccccc23)nc1Nc1ccncc1. The van der Waals surface area contributed by atoms with Crippen LogP contribution in [0.5, 0.6) is 5.75 Å². The number of nitrogens with zero attached hydrogens (tertiary/aromatic N) is 5. The van der Waals surface area contributed by atoms with E-state index >= 15 is 0 Å². The number of para-hydroxylation sites is 1. The number of aromatic nitrogens is 5. The number of hydrogen-bond donors (Lipinski definition) is 2. The molecular weight excluding hydrogens is 454 g/mol. The number of methoxy groups -OCH3 is 1. The predicted molar refractivity (Wildman–Crippen MR) is 137 cm³/mol. The quantitative estimate of drug-likeness (QED) is 0.369. The van der Waals surface area contributed by atoms with E-state index in [1.807, 2.05) is 47.1 Å². The van der Waals surface area contributed by atoms with Crippen molar-refractivity contribution in [3.05, 3.63) is 84.3 Å². The molecule has 0 unspecified atom stereocenters. The molecule has 5 aromatic rings. The number of carbonyl (C=O) groups is 1. The molecule has 0 atom stereocenters. The molecule has 4 heterocycles. The molecule has 3 aromatic heterocycles. The van der Waals surface area contributed by atoms with Crippen molar-refractivity contribution in [2.24, 2.45) is 0 Å². The minimum atomic E-state index is 0.0549. The van der Waals surface area contributed by atoms with Gasteiger partial charge in [0.15, 0.2) is 17.4 Å². The molecule has 0 fully saturated rings. The second-order valence-corrected chi connectivity index (χ2v) is 8.53. The van der Waals surface area contributed by atoms with Crippen LogP contribution in [0.3, 0.4) is 0 Å². The molecule has 0 aliphatic carbocycles. The lowest BCUT2D eigenvalue weighted by molar-refractivity contribution is -0.116. The predicted octanol–water partition coefficient (Wildman–Crippen LogP) is 4.57.